The van der Waals surface area contributed by atoms with Crippen LogP contribution in [0.5, 0.6) is 0 Å². The number of benzene rings is 3. The molecule has 2 amide bonds. The fraction of sp³-hybridized carbons (Fsp3) is 0.333. The molecular formula is C30H36N4O4S. The molecule has 0 atom stereocenters. The van der Waals surface area contributed by atoms with Gasteiger partial charge in [-0.25, -0.2) is 8.42 Å². The number of hydrogen-bond acceptors (Lipinski definition) is 5. The molecule has 206 valence electrons. The molecule has 1 saturated heterocycles. The lowest BCUT2D eigenvalue weighted by molar-refractivity contribution is 0.0954. The fourth-order valence-electron chi connectivity index (χ4n) is 4.47. The zero-order chi connectivity index (χ0) is 27.8. The molecule has 39 heavy (non-hydrogen) atoms. The highest BCUT2D eigenvalue weighted by Crippen LogP contribution is 2.20. The van der Waals surface area contributed by atoms with Crippen LogP contribution in [0.15, 0.2) is 77.7 Å². The average Bonchev–Trinajstić information content (AvgIpc) is 2.94. The summed E-state index contributed by atoms with van der Waals surface area (Å²) in [5, 5.41) is 5.75. The van der Waals surface area contributed by atoms with Gasteiger partial charge in [0, 0.05) is 44.8 Å². The quantitative estimate of drug-likeness (QED) is 0.369. The summed E-state index contributed by atoms with van der Waals surface area (Å²) in [6.07, 6.45) is 1.88. The zero-order valence-corrected chi connectivity index (χ0v) is 23.3. The Balaban J connectivity index is 1.31. The van der Waals surface area contributed by atoms with Crippen molar-refractivity contribution in [1.29, 1.82) is 0 Å². The molecule has 2 N–H and O–H groups in total. The highest BCUT2D eigenvalue weighted by Gasteiger charge is 2.28. The van der Waals surface area contributed by atoms with E-state index in [-0.39, 0.29) is 11.8 Å². The van der Waals surface area contributed by atoms with Crippen LogP contribution >= 0.6 is 0 Å². The van der Waals surface area contributed by atoms with E-state index in [1.165, 1.54) is 0 Å². The van der Waals surface area contributed by atoms with Crippen LogP contribution in [-0.4, -0.2) is 62.2 Å². The maximum absolute atomic E-state index is 13.0. The number of hydrogen-bond donors (Lipinski definition) is 2. The van der Waals surface area contributed by atoms with Gasteiger partial charge in [-0.05, 0) is 55.3 Å². The van der Waals surface area contributed by atoms with Crippen LogP contribution in [0.1, 0.15) is 51.6 Å². The van der Waals surface area contributed by atoms with Gasteiger partial charge in [0.05, 0.1) is 16.1 Å². The van der Waals surface area contributed by atoms with Crippen molar-refractivity contribution in [3.05, 3.63) is 95.1 Å². The summed E-state index contributed by atoms with van der Waals surface area (Å²) in [5.74, 6) is -0.494. The van der Waals surface area contributed by atoms with Crippen LogP contribution in [0.4, 0.5) is 5.69 Å². The number of rotatable bonds is 10. The molecule has 1 heterocycles. The van der Waals surface area contributed by atoms with E-state index in [1.807, 2.05) is 31.2 Å². The minimum absolute atomic E-state index is 0.207. The van der Waals surface area contributed by atoms with E-state index in [0.29, 0.717) is 61.0 Å². The van der Waals surface area contributed by atoms with Crippen LogP contribution < -0.4 is 10.6 Å². The summed E-state index contributed by atoms with van der Waals surface area (Å²) in [6.45, 7) is 7.38. The third-order valence-corrected chi connectivity index (χ3v) is 8.76. The lowest BCUT2D eigenvalue weighted by atomic mass is 10.1. The lowest BCUT2D eigenvalue weighted by Gasteiger charge is -2.34. The molecule has 1 aliphatic heterocycles. The summed E-state index contributed by atoms with van der Waals surface area (Å²) >= 11 is 0. The Morgan fingerprint density at radius 1 is 0.846 bits per heavy atom. The predicted octanol–water partition coefficient (Wildman–Crippen LogP) is 4.28. The SMILES string of the molecule is CCCCNC(=O)c1ccccc1NC(=O)c1ccc(CN2CCN(S(=O)(=O)c3ccc(C)cc3)CC2)cc1. The number of carbonyl (C=O) groups excluding carboxylic acids is 2. The monoisotopic (exact) mass is 548 g/mol. The normalized spacial score (nSPS) is 14.6. The summed E-state index contributed by atoms with van der Waals surface area (Å²) in [6, 6.07) is 21.3. The standard InChI is InChI=1S/C30H36N4O4S/c1-3-4-17-31-30(36)27-7-5-6-8-28(27)32-29(35)25-13-11-24(12-14-25)22-33-18-20-34(21-19-33)39(37,38)26-15-9-23(2)10-16-26/h5-16H,3-4,17-22H2,1-2H3,(H,31,36)(H,32,35). The number of piperazine rings is 1. The van der Waals surface area contributed by atoms with Gasteiger partial charge in [0.15, 0.2) is 0 Å². The van der Waals surface area contributed by atoms with E-state index in [9.17, 15) is 18.0 Å². The molecule has 0 aliphatic carbocycles. The Hall–Kier alpha value is -3.53. The van der Waals surface area contributed by atoms with Crippen LogP contribution in [0.2, 0.25) is 0 Å². The highest BCUT2D eigenvalue weighted by atomic mass is 32.2. The fourth-order valence-corrected chi connectivity index (χ4v) is 5.89. The predicted molar refractivity (Wildman–Crippen MR) is 153 cm³/mol. The maximum atomic E-state index is 13.0. The van der Waals surface area contributed by atoms with Crippen molar-refractivity contribution >= 4 is 27.5 Å². The number of anilines is 1. The molecule has 9 heteroatoms. The molecule has 0 spiro atoms. The van der Waals surface area contributed by atoms with Gasteiger partial charge >= 0.3 is 0 Å². The molecule has 1 fully saturated rings. The largest absolute Gasteiger partial charge is 0.352 e. The van der Waals surface area contributed by atoms with Crippen LogP contribution in [0, 0.1) is 6.92 Å². The van der Waals surface area contributed by atoms with E-state index >= 15 is 0 Å². The van der Waals surface area contributed by atoms with Crippen LogP contribution in [0.3, 0.4) is 0 Å². The van der Waals surface area contributed by atoms with Gasteiger partial charge < -0.3 is 10.6 Å². The zero-order valence-electron chi connectivity index (χ0n) is 22.5. The van der Waals surface area contributed by atoms with Crippen molar-refractivity contribution < 1.29 is 18.0 Å². The van der Waals surface area contributed by atoms with Gasteiger partial charge in [-0.1, -0.05) is 55.3 Å². The first-order chi connectivity index (χ1) is 18.8. The van der Waals surface area contributed by atoms with Crippen molar-refractivity contribution in [2.24, 2.45) is 0 Å². The van der Waals surface area contributed by atoms with Crippen molar-refractivity contribution in [3.8, 4) is 0 Å². The Morgan fingerprint density at radius 2 is 1.51 bits per heavy atom. The van der Waals surface area contributed by atoms with Gasteiger partial charge in [0.1, 0.15) is 0 Å². The van der Waals surface area contributed by atoms with Gasteiger partial charge in [0.2, 0.25) is 10.0 Å². The minimum Gasteiger partial charge on any atom is -0.352 e. The summed E-state index contributed by atoms with van der Waals surface area (Å²) in [4.78, 5) is 28.0. The summed E-state index contributed by atoms with van der Waals surface area (Å²) in [7, 11) is -3.49. The van der Waals surface area contributed by atoms with Crippen LogP contribution in [0.25, 0.3) is 0 Å². The summed E-state index contributed by atoms with van der Waals surface area (Å²) < 4.78 is 27.5. The molecule has 4 rings (SSSR count). The molecule has 3 aromatic carbocycles. The maximum Gasteiger partial charge on any atom is 0.255 e. The van der Waals surface area contributed by atoms with Gasteiger partial charge in [-0.15, -0.1) is 0 Å². The van der Waals surface area contributed by atoms with Gasteiger partial charge in [-0.3, -0.25) is 14.5 Å². The third kappa shape index (κ3) is 7.32. The van der Waals surface area contributed by atoms with E-state index in [0.717, 1.165) is 24.0 Å². The van der Waals surface area contributed by atoms with Crippen molar-refractivity contribution in [3.63, 3.8) is 0 Å². The second kappa shape index (κ2) is 13.0. The Labute approximate surface area is 231 Å². The number of carbonyl (C=O) groups is 2. The number of aryl methyl sites for hydroxylation is 1. The second-order valence-corrected chi connectivity index (χ2v) is 11.7. The van der Waals surface area contributed by atoms with E-state index in [2.05, 4.69) is 22.5 Å². The minimum atomic E-state index is -3.49. The molecule has 0 aromatic heterocycles. The molecule has 0 saturated carbocycles. The molecule has 0 unspecified atom stereocenters. The van der Waals surface area contributed by atoms with Crippen LogP contribution in [-0.2, 0) is 16.6 Å². The lowest BCUT2D eigenvalue weighted by Crippen LogP contribution is -2.48. The van der Waals surface area contributed by atoms with Crippen molar-refractivity contribution in [2.45, 2.75) is 38.1 Å². The molecule has 0 radical (unpaired) electrons. The number of sulfonamides is 1. The van der Waals surface area contributed by atoms with E-state index < -0.39 is 10.0 Å². The third-order valence-electron chi connectivity index (χ3n) is 6.85. The number of amides is 2. The average molecular weight is 549 g/mol. The van der Waals surface area contributed by atoms with Crippen molar-refractivity contribution in [1.82, 2.24) is 14.5 Å². The Morgan fingerprint density at radius 3 is 2.18 bits per heavy atom. The molecular weight excluding hydrogens is 512 g/mol. The van der Waals surface area contributed by atoms with E-state index in [1.54, 1.807) is 52.8 Å². The first-order valence-electron chi connectivity index (χ1n) is 13.3. The first-order valence-corrected chi connectivity index (χ1v) is 14.8. The highest BCUT2D eigenvalue weighted by molar-refractivity contribution is 7.89. The number of para-hydroxylation sites is 1. The second-order valence-electron chi connectivity index (χ2n) is 9.80. The van der Waals surface area contributed by atoms with Gasteiger partial charge in [-0.2, -0.15) is 4.31 Å². The topological polar surface area (TPSA) is 98.8 Å². The van der Waals surface area contributed by atoms with Crippen molar-refractivity contribution in [2.75, 3.05) is 38.0 Å². The molecule has 8 nitrogen and oxygen atoms in total. The molecule has 3 aromatic rings. The number of unbranched alkanes of at least 4 members (excludes halogenated alkanes) is 1. The van der Waals surface area contributed by atoms with E-state index in [4.69, 9.17) is 0 Å². The molecule has 1 aliphatic rings. The Kier molecular flexibility index (Phi) is 9.50. The smallest absolute Gasteiger partial charge is 0.255 e. The summed E-state index contributed by atoms with van der Waals surface area (Å²) in [5.41, 5.74) is 3.46. The van der Waals surface area contributed by atoms with Gasteiger partial charge in [0.25, 0.3) is 11.8 Å². The first kappa shape index (κ1) is 28.5. The molecule has 0 bridgehead atoms. The number of nitrogens with one attached hydrogen (secondary N) is 2. The number of nitrogens with zero attached hydrogens (tertiary/aromatic N) is 2. The Bertz CT molecular complexity index is 1380.